The fourth-order valence-corrected chi connectivity index (χ4v) is 3.53. The Balaban J connectivity index is 1.78. The van der Waals surface area contributed by atoms with Crippen molar-refractivity contribution in [2.24, 2.45) is 5.73 Å². The van der Waals surface area contributed by atoms with Gasteiger partial charge in [-0.25, -0.2) is 4.98 Å². The van der Waals surface area contributed by atoms with E-state index in [0.717, 1.165) is 39.9 Å². The average Bonchev–Trinajstić information content (AvgIpc) is 3.17. The number of fused-ring (bicyclic) bond motifs is 1. The van der Waals surface area contributed by atoms with Crippen molar-refractivity contribution in [3.63, 3.8) is 0 Å². The van der Waals surface area contributed by atoms with Gasteiger partial charge in [-0.15, -0.1) is 0 Å². The predicted molar refractivity (Wildman–Crippen MR) is 92.4 cm³/mol. The number of pyridine rings is 1. The summed E-state index contributed by atoms with van der Waals surface area (Å²) >= 11 is 1.47. The van der Waals surface area contributed by atoms with E-state index in [1.807, 2.05) is 43.5 Å². The molecule has 2 aromatic heterocycles. The number of aryl methyl sites for hydroxylation is 1. The molecular weight excluding hydrogens is 308 g/mol. The lowest BCUT2D eigenvalue weighted by atomic mass is 10.1. The van der Waals surface area contributed by atoms with Crippen LogP contribution in [0, 0.1) is 6.92 Å². The van der Waals surface area contributed by atoms with Gasteiger partial charge in [-0.3, -0.25) is 9.78 Å². The molecule has 1 amide bonds. The second kappa shape index (κ2) is 5.11. The Hall–Kier alpha value is -2.31. The van der Waals surface area contributed by atoms with Crippen LogP contribution in [-0.2, 0) is 4.79 Å². The Labute approximate surface area is 137 Å². The highest BCUT2D eigenvalue weighted by Gasteiger charge is 2.46. The van der Waals surface area contributed by atoms with Gasteiger partial charge < -0.3 is 11.1 Å². The van der Waals surface area contributed by atoms with E-state index in [1.54, 1.807) is 0 Å². The summed E-state index contributed by atoms with van der Waals surface area (Å²) in [5.41, 5.74) is 9.03. The van der Waals surface area contributed by atoms with Crippen LogP contribution in [0.25, 0.3) is 21.3 Å². The van der Waals surface area contributed by atoms with Crippen molar-refractivity contribution in [2.75, 3.05) is 5.32 Å². The number of rotatable bonds is 3. The number of hydrogen-bond donors (Lipinski definition) is 2. The predicted octanol–water partition coefficient (Wildman–Crippen LogP) is 3.10. The molecule has 2 heterocycles. The molecule has 3 N–H and O–H groups in total. The molecule has 0 bridgehead atoms. The molecule has 1 saturated carbocycles. The average molecular weight is 324 g/mol. The number of nitrogens with one attached hydrogen (secondary N) is 1. The van der Waals surface area contributed by atoms with Gasteiger partial charge in [-0.05, 0) is 25.3 Å². The van der Waals surface area contributed by atoms with Crippen molar-refractivity contribution in [1.29, 1.82) is 0 Å². The normalized spacial score (nSPS) is 15.6. The molecule has 4 rings (SSSR count). The summed E-state index contributed by atoms with van der Waals surface area (Å²) in [5.74, 6) is -0.150. The van der Waals surface area contributed by atoms with Crippen molar-refractivity contribution in [2.45, 2.75) is 25.3 Å². The monoisotopic (exact) mass is 324 g/mol. The number of nitrogens with two attached hydrogens (primary N) is 1. The third kappa shape index (κ3) is 2.50. The number of carbonyl (C=O) groups is 1. The quantitative estimate of drug-likeness (QED) is 0.776. The summed E-state index contributed by atoms with van der Waals surface area (Å²) in [5, 5.41) is 3.43. The van der Waals surface area contributed by atoms with Crippen LogP contribution in [0.15, 0.2) is 36.5 Å². The minimum Gasteiger partial charge on any atom is -0.317 e. The highest BCUT2D eigenvalue weighted by Crippen LogP contribution is 2.37. The largest absolute Gasteiger partial charge is 0.317 e. The lowest BCUT2D eigenvalue weighted by Crippen LogP contribution is -2.37. The topological polar surface area (TPSA) is 80.9 Å². The number of benzene rings is 1. The Bertz CT molecular complexity index is 900. The van der Waals surface area contributed by atoms with E-state index >= 15 is 0 Å². The number of carbonyl (C=O) groups excluding carboxylic acids is 1. The number of anilines is 1. The summed E-state index contributed by atoms with van der Waals surface area (Å²) in [6, 6.07) is 10.1. The molecule has 0 spiro atoms. The van der Waals surface area contributed by atoms with Crippen molar-refractivity contribution >= 4 is 32.6 Å². The summed E-state index contributed by atoms with van der Waals surface area (Å²) < 4.78 is 1.03. The minimum absolute atomic E-state index is 0.150. The fraction of sp³-hybridized carbons (Fsp3) is 0.235. The standard InChI is InChI=1S/C17H16N4OS/c1-10-13-14(12(9-19-10)11-5-3-2-4-6-11)23-16(20-13)21-15(22)17(18)7-8-17/h2-6,9H,7-8,18H2,1H3,(H,20,21,22). The molecule has 0 saturated heterocycles. The summed E-state index contributed by atoms with van der Waals surface area (Å²) in [4.78, 5) is 21.1. The van der Waals surface area contributed by atoms with Gasteiger partial charge in [0.15, 0.2) is 5.13 Å². The maximum Gasteiger partial charge on any atom is 0.246 e. The molecule has 0 atom stereocenters. The Kier molecular flexibility index (Phi) is 3.18. The van der Waals surface area contributed by atoms with Crippen LogP contribution in [0.2, 0.25) is 0 Å². The summed E-state index contributed by atoms with van der Waals surface area (Å²) in [7, 11) is 0. The summed E-state index contributed by atoms with van der Waals surface area (Å²) in [6.07, 6.45) is 3.33. The molecule has 0 aliphatic heterocycles. The first kappa shape index (κ1) is 14.3. The minimum atomic E-state index is -0.701. The zero-order chi connectivity index (χ0) is 16.0. The van der Waals surface area contributed by atoms with E-state index in [0.29, 0.717) is 5.13 Å². The number of hydrogen-bond acceptors (Lipinski definition) is 5. The molecule has 1 aliphatic carbocycles. The van der Waals surface area contributed by atoms with Gasteiger partial charge in [0, 0.05) is 11.8 Å². The van der Waals surface area contributed by atoms with Gasteiger partial charge in [0.05, 0.1) is 15.9 Å². The van der Waals surface area contributed by atoms with Crippen molar-refractivity contribution in [3.05, 3.63) is 42.2 Å². The first-order valence-corrected chi connectivity index (χ1v) is 8.30. The smallest absolute Gasteiger partial charge is 0.246 e. The molecular formula is C17H16N4OS. The van der Waals surface area contributed by atoms with Crippen LogP contribution < -0.4 is 11.1 Å². The van der Waals surface area contributed by atoms with Crippen LogP contribution >= 0.6 is 11.3 Å². The zero-order valence-electron chi connectivity index (χ0n) is 12.7. The first-order chi connectivity index (χ1) is 11.1. The molecule has 5 nitrogen and oxygen atoms in total. The van der Waals surface area contributed by atoms with E-state index in [-0.39, 0.29) is 5.91 Å². The van der Waals surface area contributed by atoms with Crippen LogP contribution in [0.4, 0.5) is 5.13 Å². The molecule has 23 heavy (non-hydrogen) atoms. The second-order valence-corrected chi connectivity index (χ2v) is 6.93. The molecule has 1 aliphatic rings. The van der Waals surface area contributed by atoms with Crippen molar-refractivity contribution in [3.8, 4) is 11.1 Å². The fourth-order valence-electron chi connectivity index (χ4n) is 2.49. The molecule has 0 radical (unpaired) electrons. The third-order valence-electron chi connectivity index (χ3n) is 4.15. The molecule has 1 fully saturated rings. The van der Waals surface area contributed by atoms with E-state index in [9.17, 15) is 4.79 Å². The van der Waals surface area contributed by atoms with Gasteiger partial charge in [0.1, 0.15) is 5.52 Å². The number of thiazole rings is 1. The van der Waals surface area contributed by atoms with E-state index in [4.69, 9.17) is 5.73 Å². The first-order valence-electron chi connectivity index (χ1n) is 7.49. The summed E-state index contributed by atoms with van der Waals surface area (Å²) in [6.45, 7) is 1.92. The molecule has 1 aromatic carbocycles. The van der Waals surface area contributed by atoms with Gasteiger partial charge in [-0.2, -0.15) is 0 Å². The SMILES string of the molecule is Cc1ncc(-c2ccccc2)c2sc(NC(=O)C3(N)CC3)nc12. The molecule has 116 valence electrons. The van der Waals surface area contributed by atoms with Gasteiger partial charge >= 0.3 is 0 Å². The maximum atomic E-state index is 12.1. The van der Waals surface area contributed by atoms with E-state index in [1.165, 1.54) is 11.3 Å². The van der Waals surface area contributed by atoms with Gasteiger partial charge in [0.25, 0.3) is 0 Å². The molecule has 3 aromatic rings. The Morgan fingerprint density at radius 3 is 2.74 bits per heavy atom. The van der Waals surface area contributed by atoms with E-state index in [2.05, 4.69) is 15.3 Å². The number of nitrogens with zero attached hydrogens (tertiary/aromatic N) is 2. The number of aromatic nitrogens is 2. The Morgan fingerprint density at radius 1 is 1.30 bits per heavy atom. The third-order valence-corrected chi connectivity index (χ3v) is 5.15. The number of amides is 1. The van der Waals surface area contributed by atoms with Gasteiger partial charge in [0.2, 0.25) is 5.91 Å². The Morgan fingerprint density at radius 2 is 2.04 bits per heavy atom. The lowest BCUT2D eigenvalue weighted by molar-refractivity contribution is -0.118. The van der Waals surface area contributed by atoms with Gasteiger partial charge in [-0.1, -0.05) is 41.7 Å². The zero-order valence-corrected chi connectivity index (χ0v) is 13.5. The maximum absolute atomic E-state index is 12.1. The second-order valence-electron chi connectivity index (χ2n) is 5.93. The van der Waals surface area contributed by atoms with Crippen molar-refractivity contribution < 1.29 is 4.79 Å². The highest BCUT2D eigenvalue weighted by molar-refractivity contribution is 7.22. The molecule has 0 unspecified atom stereocenters. The van der Waals surface area contributed by atoms with Crippen LogP contribution in [-0.4, -0.2) is 21.4 Å². The van der Waals surface area contributed by atoms with Crippen LogP contribution in [0.5, 0.6) is 0 Å². The van der Waals surface area contributed by atoms with E-state index < -0.39 is 5.54 Å². The van der Waals surface area contributed by atoms with Crippen molar-refractivity contribution in [1.82, 2.24) is 9.97 Å². The van der Waals surface area contributed by atoms with Crippen LogP contribution in [0.3, 0.4) is 0 Å². The van der Waals surface area contributed by atoms with Crippen LogP contribution in [0.1, 0.15) is 18.5 Å². The highest BCUT2D eigenvalue weighted by atomic mass is 32.1. The molecule has 6 heteroatoms. The lowest BCUT2D eigenvalue weighted by Gasteiger charge is -2.06.